The summed E-state index contributed by atoms with van der Waals surface area (Å²) in [5, 5.41) is 5.48. The van der Waals surface area contributed by atoms with Crippen LogP contribution >= 0.6 is 11.6 Å². The fourth-order valence-corrected chi connectivity index (χ4v) is 4.17. The average molecular weight is 546 g/mol. The van der Waals surface area contributed by atoms with Crippen molar-refractivity contribution in [2.24, 2.45) is 0 Å². The van der Waals surface area contributed by atoms with Crippen LogP contribution in [0.1, 0.15) is 24.3 Å². The Kier molecular flexibility index (Phi) is 7.32. The summed E-state index contributed by atoms with van der Waals surface area (Å²) < 4.78 is 41.4. The monoisotopic (exact) mass is 545 g/mol. The minimum absolute atomic E-state index is 0.107. The van der Waals surface area contributed by atoms with Crippen LogP contribution in [-0.4, -0.2) is 47.9 Å². The molecule has 4 rings (SSSR count). The quantitative estimate of drug-likeness (QED) is 0.506. The molecule has 0 saturated carbocycles. The molecule has 0 spiro atoms. The Morgan fingerprint density at radius 2 is 1.68 bits per heavy atom. The first-order valence-corrected chi connectivity index (χ1v) is 11.8. The largest absolute Gasteiger partial charge is 0.341 e. The number of amides is 3. The summed E-state index contributed by atoms with van der Waals surface area (Å²) in [5.74, 6) is -4.23. The third kappa shape index (κ3) is 5.57. The van der Waals surface area contributed by atoms with E-state index in [1.165, 1.54) is 42.8 Å². The Hall–Kier alpha value is -4.12. The van der Waals surface area contributed by atoms with E-state index >= 15 is 0 Å². The Bertz CT molecular complexity index is 1400. The molecule has 1 aliphatic rings. The van der Waals surface area contributed by atoms with Gasteiger partial charge in [-0.1, -0.05) is 11.6 Å². The molecule has 1 unspecified atom stereocenters. The van der Waals surface area contributed by atoms with Crippen molar-refractivity contribution in [3.63, 3.8) is 0 Å². The number of carbonyl (C=O) groups is 3. The molecule has 0 fully saturated rings. The number of benzene rings is 2. The highest BCUT2D eigenvalue weighted by Crippen LogP contribution is 2.39. The van der Waals surface area contributed by atoms with E-state index in [2.05, 4.69) is 15.6 Å². The minimum atomic E-state index is -1.52. The minimum Gasteiger partial charge on any atom is -0.341 e. The van der Waals surface area contributed by atoms with Gasteiger partial charge < -0.3 is 20.4 Å². The van der Waals surface area contributed by atoms with Gasteiger partial charge in [-0.05, 0) is 56.3 Å². The highest BCUT2D eigenvalue weighted by atomic mass is 35.5. The van der Waals surface area contributed by atoms with Crippen LogP contribution in [0, 0.1) is 17.5 Å². The molecule has 3 aromatic rings. The number of hydrogen-bond acceptors (Lipinski definition) is 5. The predicted octanol–water partition coefficient (Wildman–Crippen LogP) is 3.96. The van der Waals surface area contributed by atoms with Crippen molar-refractivity contribution in [3.05, 3.63) is 82.9 Å². The third-order valence-electron chi connectivity index (χ3n) is 6.00. The molecule has 0 bridgehead atoms. The van der Waals surface area contributed by atoms with Crippen molar-refractivity contribution in [1.29, 1.82) is 0 Å². The van der Waals surface area contributed by atoms with Gasteiger partial charge in [-0.25, -0.2) is 18.2 Å². The maximum absolute atomic E-state index is 14.1. The summed E-state index contributed by atoms with van der Waals surface area (Å²) in [6.45, 7) is 2.65. The molecule has 38 heavy (non-hydrogen) atoms. The summed E-state index contributed by atoms with van der Waals surface area (Å²) in [7, 11) is 1.49. The van der Waals surface area contributed by atoms with Crippen molar-refractivity contribution >= 4 is 46.4 Å². The van der Waals surface area contributed by atoms with Crippen molar-refractivity contribution in [3.8, 4) is 0 Å². The summed E-state index contributed by atoms with van der Waals surface area (Å²) in [4.78, 5) is 45.8. The molecule has 2 heterocycles. The molecular weight excluding hydrogens is 523 g/mol. The molecule has 2 aromatic carbocycles. The Morgan fingerprint density at radius 1 is 1.00 bits per heavy atom. The number of aromatic nitrogens is 1. The second kappa shape index (κ2) is 10.3. The molecule has 198 valence electrons. The van der Waals surface area contributed by atoms with Crippen molar-refractivity contribution in [2.45, 2.75) is 25.4 Å². The standard InChI is InChI=1S/C26H23ClF3N5O3/c1-26(2,33-23(36)19-6-5-15(28)12-31-19)25(38)32-20-13-35(18-10-16(29)9-17(30)11-18)21-7-4-14(27)8-22(21)34(3)24(20)37/h4-12,20H,13H2,1-3H3,(H,32,38)(H,33,36). The zero-order valence-corrected chi connectivity index (χ0v) is 21.3. The number of carbonyl (C=O) groups excluding carboxylic acids is 3. The molecule has 0 radical (unpaired) electrons. The van der Waals surface area contributed by atoms with E-state index in [1.807, 2.05) is 0 Å². The molecule has 0 aliphatic carbocycles. The second-order valence-electron chi connectivity index (χ2n) is 9.24. The number of hydrogen-bond donors (Lipinski definition) is 2. The van der Waals surface area contributed by atoms with Crippen molar-refractivity contribution in [1.82, 2.24) is 15.6 Å². The average Bonchev–Trinajstić information content (AvgIpc) is 2.94. The predicted molar refractivity (Wildman–Crippen MR) is 136 cm³/mol. The third-order valence-corrected chi connectivity index (χ3v) is 6.24. The SMILES string of the molecule is CN1C(=O)C(NC(=O)C(C)(C)NC(=O)c2ccc(F)cn2)CN(c2cc(F)cc(F)c2)c2ccc(Cl)cc21. The number of fused-ring (bicyclic) bond motifs is 1. The number of nitrogens with zero attached hydrogens (tertiary/aromatic N) is 3. The number of pyridine rings is 1. The van der Waals surface area contributed by atoms with E-state index in [9.17, 15) is 27.6 Å². The van der Waals surface area contributed by atoms with E-state index < -0.39 is 46.8 Å². The first-order chi connectivity index (χ1) is 17.9. The summed E-state index contributed by atoms with van der Waals surface area (Å²) in [6, 6.07) is 8.68. The van der Waals surface area contributed by atoms with E-state index in [1.54, 1.807) is 12.1 Å². The van der Waals surface area contributed by atoms with Gasteiger partial charge in [0.05, 0.1) is 24.1 Å². The molecular formula is C26H23ClF3N5O3. The van der Waals surface area contributed by atoms with E-state index in [4.69, 9.17) is 11.6 Å². The maximum Gasteiger partial charge on any atom is 0.270 e. The van der Waals surface area contributed by atoms with Gasteiger partial charge in [0.25, 0.3) is 11.8 Å². The van der Waals surface area contributed by atoms with Gasteiger partial charge in [-0.15, -0.1) is 0 Å². The number of likely N-dealkylation sites (N-methyl/N-ethyl adjacent to an activating group) is 1. The molecule has 12 heteroatoms. The van der Waals surface area contributed by atoms with Gasteiger partial charge in [0.1, 0.15) is 34.7 Å². The lowest BCUT2D eigenvalue weighted by Gasteiger charge is -2.30. The number of nitrogens with one attached hydrogen (secondary N) is 2. The fraction of sp³-hybridized carbons (Fsp3) is 0.231. The van der Waals surface area contributed by atoms with Crippen LogP contribution < -0.4 is 20.4 Å². The highest BCUT2D eigenvalue weighted by molar-refractivity contribution is 6.31. The molecule has 1 atom stereocenters. The first-order valence-electron chi connectivity index (χ1n) is 11.4. The molecule has 1 aromatic heterocycles. The number of anilines is 3. The van der Waals surface area contributed by atoms with Crippen LogP contribution in [0.3, 0.4) is 0 Å². The Balaban J connectivity index is 1.64. The lowest BCUT2D eigenvalue weighted by atomic mass is 10.0. The van der Waals surface area contributed by atoms with Gasteiger partial charge in [0.2, 0.25) is 5.91 Å². The Morgan fingerprint density at radius 3 is 2.32 bits per heavy atom. The van der Waals surface area contributed by atoms with Crippen LogP contribution in [0.4, 0.5) is 30.2 Å². The second-order valence-corrected chi connectivity index (χ2v) is 9.67. The molecule has 2 N–H and O–H groups in total. The molecule has 8 nitrogen and oxygen atoms in total. The fourth-order valence-electron chi connectivity index (χ4n) is 4.01. The Labute approximate surface area is 221 Å². The smallest absolute Gasteiger partial charge is 0.270 e. The van der Waals surface area contributed by atoms with Crippen LogP contribution in [0.2, 0.25) is 5.02 Å². The lowest BCUT2D eigenvalue weighted by molar-refractivity contribution is -0.130. The lowest BCUT2D eigenvalue weighted by Crippen LogP contribution is -2.60. The first kappa shape index (κ1) is 26.9. The normalized spacial score (nSPS) is 15.6. The van der Waals surface area contributed by atoms with Crippen LogP contribution in [0.5, 0.6) is 0 Å². The van der Waals surface area contributed by atoms with Crippen molar-refractivity contribution < 1.29 is 27.6 Å². The highest BCUT2D eigenvalue weighted by Gasteiger charge is 2.38. The molecule has 0 saturated heterocycles. The van der Waals surface area contributed by atoms with Crippen molar-refractivity contribution in [2.75, 3.05) is 23.4 Å². The summed E-state index contributed by atoms with van der Waals surface area (Å²) in [6.07, 6.45) is 0.871. The van der Waals surface area contributed by atoms with Gasteiger partial charge in [-0.3, -0.25) is 14.4 Å². The summed E-state index contributed by atoms with van der Waals surface area (Å²) >= 11 is 6.16. The zero-order chi connectivity index (χ0) is 27.8. The maximum atomic E-state index is 14.1. The van der Waals surface area contributed by atoms with Crippen LogP contribution in [-0.2, 0) is 9.59 Å². The van der Waals surface area contributed by atoms with Gasteiger partial charge >= 0.3 is 0 Å². The number of halogens is 4. The van der Waals surface area contributed by atoms with Gasteiger partial charge in [0.15, 0.2) is 0 Å². The topological polar surface area (TPSA) is 94.6 Å². The van der Waals surface area contributed by atoms with Gasteiger partial charge in [0, 0.05) is 23.8 Å². The number of rotatable bonds is 5. The molecule has 1 aliphatic heterocycles. The van der Waals surface area contributed by atoms with E-state index in [-0.39, 0.29) is 17.9 Å². The van der Waals surface area contributed by atoms with E-state index in [0.717, 1.165) is 30.5 Å². The van der Waals surface area contributed by atoms with E-state index in [0.29, 0.717) is 16.4 Å². The van der Waals surface area contributed by atoms with Crippen LogP contribution in [0.25, 0.3) is 0 Å². The van der Waals surface area contributed by atoms with Gasteiger partial charge in [-0.2, -0.15) is 0 Å². The molecule has 3 amide bonds. The summed E-state index contributed by atoms with van der Waals surface area (Å²) in [5.41, 5.74) is -0.724. The zero-order valence-electron chi connectivity index (χ0n) is 20.6. The van der Waals surface area contributed by atoms with Crippen LogP contribution in [0.15, 0.2) is 54.7 Å².